The Balaban J connectivity index is 1.84. The highest BCUT2D eigenvalue weighted by Gasteiger charge is 2.12. The standard InChI is InChI=1S/C18H14IN3O3S/c19-16-9-6-13(11-15(16)17-3-1-2-10-21-17)22-18(23)12-4-7-14(8-5-12)26(20,24)25/h1-11H,(H,22,23)(H2,20,24,25). The molecule has 26 heavy (non-hydrogen) atoms. The Bertz CT molecular complexity index is 1050. The van der Waals surface area contributed by atoms with Gasteiger partial charge in [-0.15, -0.1) is 0 Å². The number of halogens is 1. The van der Waals surface area contributed by atoms with Crippen LogP contribution in [0.25, 0.3) is 11.3 Å². The van der Waals surface area contributed by atoms with E-state index in [0.29, 0.717) is 11.3 Å². The second kappa shape index (κ2) is 7.52. The summed E-state index contributed by atoms with van der Waals surface area (Å²) in [5, 5.41) is 7.86. The van der Waals surface area contributed by atoms with Gasteiger partial charge in [0.05, 0.1) is 10.6 Å². The lowest BCUT2D eigenvalue weighted by Gasteiger charge is -2.09. The predicted octanol–water partition coefficient (Wildman–Crippen LogP) is 3.25. The summed E-state index contributed by atoms with van der Waals surface area (Å²) in [5.41, 5.74) is 2.67. The van der Waals surface area contributed by atoms with Crippen LogP contribution in [0.15, 0.2) is 71.8 Å². The lowest BCUT2D eigenvalue weighted by Crippen LogP contribution is -2.14. The molecule has 0 unspecified atom stereocenters. The van der Waals surface area contributed by atoms with E-state index in [0.717, 1.165) is 14.8 Å². The fourth-order valence-corrected chi connectivity index (χ4v) is 3.45. The summed E-state index contributed by atoms with van der Waals surface area (Å²) in [7, 11) is -3.78. The number of hydrogen-bond donors (Lipinski definition) is 2. The molecule has 0 fully saturated rings. The van der Waals surface area contributed by atoms with Crippen LogP contribution in [0.4, 0.5) is 5.69 Å². The number of rotatable bonds is 4. The van der Waals surface area contributed by atoms with E-state index in [1.807, 2.05) is 30.3 Å². The largest absolute Gasteiger partial charge is 0.322 e. The van der Waals surface area contributed by atoms with Gasteiger partial charge in [0.1, 0.15) is 0 Å². The maximum atomic E-state index is 12.4. The third-order valence-electron chi connectivity index (χ3n) is 3.61. The Morgan fingerprint density at radius 1 is 1.04 bits per heavy atom. The fourth-order valence-electron chi connectivity index (χ4n) is 2.32. The fraction of sp³-hybridized carbons (Fsp3) is 0. The number of nitrogens with one attached hydrogen (secondary N) is 1. The summed E-state index contributed by atoms with van der Waals surface area (Å²) >= 11 is 2.22. The van der Waals surface area contributed by atoms with Gasteiger partial charge in [0.15, 0.2) is 0 Å². The van der Waals surface area contributed by atoms with Crippen molar-refractivity contribution in [3.05, 3.63) is 76.0 Å². The van der Waals surface area contributed by atoms with Crippen molar-refractivity contribution in [2.24, 2.45) is 5.14 Å². The van der Waals surface area contributed by atoms with Crippen LogP contribution < -0.4 is 10.5 Å². The lowest BCUT2D eigenvalue weighted by molar-refractivity contribution is 0.102. The minimum Gasteiger partial charge on any atom is -0.322 e. The van der Waals surface area contributed by atoms with Crippen molar-refractivity contribution in [3.8, 4) is 11.3 Å². The topological polar surface area (TPSA) is 102 Å². The quantitative estimate of drug-likeness (QED) is 0.561. The number of anilines is 1. The molecule has 0 radical (unpaired) electrons. The molecule has 0 spiro atoms. The van der Waals surface area contributed by atoms with Gasteiger partial charge < -0.3 is 5.32 Å². The molecule has 0 atom stereocenters. The number of amides is 1. The lowest BCUT2D eigenvalue weighted by atomic mass is 10.1. The Morgan fingerprint density at radius 3 is 2.38 bits per heavy atom. The molecule has 132 valence electrons. The molecule has 1 aromatic heterocycles. The second-order valence-corrected chi connectivity index (χ2v) is 8.16. The average molecular weight is 479 g/mol. The maximum absolute atomic E-state index is 12.4. The van der Waals surface area contributed by atoms with Crippen LogP contribution in [0, 0.1) is 3.57 Å². The number of carbonyl (C=O) groups excluding carboxylic acids is 1. The molecule has 0 aliphatic carbocycles. The van der Waals surface area contributed by atoms with Crippen LogP contribution in [-0.4, -0.2) is 19.3 Å². The van der Waals surface area contributed by atoms with Gasteiger partial charge in [-0.3, -0.25) is 9.78 Å². The van der Waals surface area contributed by atoms with Gasteiger partial charge in [0, 0.05) is 26.6 Å². The summed E-state index contributed by atoms with van der Waals surface area (Å²) < 4.78 is 23.6. The molecule has 6 nitrogen and oxygen atoms in total. The zero-order chi connectivity index (χ0) is 18.7. The molecule has 3 N–H and O–H groups in total. The van der Waals surface area contributed by atoms with E-state index < -0.39 is 10.0 Å². The molecule has 0 bridgehead atoms. The number of benzene rings is 2. The van der Waals surface area contributed by atoms with Gasteiger partial charge >= 0.3 is 0 Å². The van der Waals surface area contributed by atoms with Crippen molar-refractivity contribution >= 4 is 44.2 Å². The summed E-state index contributed by atoms with van der Waals surface area (Å²) in [6.45, 7) is 0. The first-order chi connectivity index (χ1) is 12.3. The Morgan fingerprint density at radius 2 is 1.77 bits per heavy atom. The number of primary sulfonamides is 1. The minimum atomic E-state index is -3.78. The molecule has 1 amide bonds. The van der Waals surface area contributed by atoms with Crippen molar-refractivity contribution in [2.75, 3.05) is 5.32 Å². The zero-order valence-electron chi connectivity index (χ0n) is 13.4. The number of hydrogen-bond acceptors (Lipinski definition) is 4. The summed E-state index contributed by atoms with van der Waals surface area (Å²) in [5.74, 6) is -0.348. The number of pyridine rings is 1. The number of aromatic nitrogens is 1. The van der Waals surface area contributed by atoms with E-state index in [1.54, 1.807) is 12.3 Å². The van der Waals surface area contributed by atoms with Crippen LogP contribution in [0.3, 0.4) is 0 Å². The normalized spacial score (nSPS) is 11.2. The van der Waals surface area contributed by atoms with Gasteiger partial charge in [0.2, 0.25) is 10.0 Å². The summed E-state index contributed by atoms with van der Waals surface area (Å²) in [6.07, 6.45) is 1.71. The zero-order valence-corrected chi connectivity index (χ0v) is 16.4. The Labute approximate surface area is 164 Å². The molecule has 8 heteroatoms. The first kappa shape index (κ1) is 18.5. The first-order valence-corrected chi connectivity index (χ1v) is 10.1. The average Bonchev–Trinajstić information content (AvgIpc) is 2.63. The highest BCUT2D eigenvalue weighted by molar-refractivity contribution is 14.1. The van der Waals surface area contributed by atoms with E-state index in [1.165, 1.54) is 24.3 Å². The van der Waals surface area contributed by atoms with Crippen molar-refractivity contribution in [2.45, 2.75) is 4.90 Å². The Hall–Kier alpha value is -2.30. The van der Waals surface area contributed by atoms with Crippen LogP contribution in [-0.2, 0) is 10.0 Å². The van der Waals surface area contributed by atoms with Gasteiger partial charge in [0.25, 0.3) is 5.91 Å². The van der Waals surface area contributed by atoms with Crippen molar-refractivity contribution in [1.82, 2.24) is 4.98 Å². The monoisotopic (exact) mass is 479 g/mol. The van der Waals surface area contributed by atoms with Gasteiger partial charge in [-0.1, -0.05) is 6.07 Å². The SMILES string of the molecule is NS(=O)(=O)c1ccc(C(=O)Nc2ccc(I)c(-c3ccccn3)c2)cc1. The van der Waals surface area contributed by atoms with E-state index in [2.05, 4.69) is 32.9 Å². The van der Waals surface area contributed by atoms with E-state index >= 15 is 0 Å². The molecule has 1 heterocycles. The summed E-state index contributed by atoms with van der Waals surface area (Å²) in [6, 6.07) is 16.6. The number of nitrogens with two attached hydrogens (primary N) is 1. The van der Waals surface area contributed by atoms with Crippen molar-refractivity contribution < 1.29 is 13.2 Å². The van der Waals surface area contributed by atoms with Crippen LogP contribution in [0.1, 0.15) is 10.4 Å². The van der Waals surface area contributed by atoms with Crippen LogP contribution >= 0.6 is 22.6 Å². The van der Waals surface area contributed by atoms with Gasteiger partial charge in [-0.25, -0.2) is 13.6 Å². The molecule has 0 aliphatic heterocycles. The third-order valence-corrected chi connectivity index (χ3v) is 5.48. The molecular weight excluding hydrogens is 465 g/mol. The van der Waals surface area contributed by atoms with Crippen LogP contribution in [0.5, 0.6) is 0 Å². The van der Waals surface area contributed by atoms with Crippen molar-refractivity contribution in [1.29, 1.82) is 0 Å². The van der Waals surface area contributed by atoms with Crippen LogP contribution in [0.2, 0.25) is 0 Å². The molecule has 0 saturated heterocycles. The number of carbonyl (C=O) groups is 1. The number of sulfonamides is 1. The third kappa shape index (κ3) is 4.26. The first-order valence-electron chi connectivity index (χ1n) is 7.50. The molecule has 2 aromatic carbocycles. The smallest absolute Gasteiger partial charge is 0.255 e. The predicted molar refractivity (Wildman–Crippen MR) is 108 cm³/mol. The minimum absolute atomic E-state index is 0.0410. The van der Waals surface area contributed by atoms with E-state index in [9.17, 15) is 13.2 Å². The van der Waals surface area contributed by atoms with Gasteiger partial charge in [-0.2, -0.15) is 0 Å². The summed E-state index contributed by atoms with van der Waals surface area (Å²) in [4.78, 5) is 16.7. The van der Waals surface area contributed by atoms with E-state index in [-0.39, 0.29) is 10.8 Å². The molecule has 0 saturated carbocycles. The second-order valence-electron chi connectivity index (χ2n) is 5.43. The molecule has 3 rings (SSSR count). The molecule has 0 aliphatic rings. The highest BCUT2D eigenvalue weighted by Crippen LogP contribution is 2.27. The van der Waals surface area contributed by atoms with Gasteiger partial charge in [-0.05, 0) is 77.2 Å². The van der Waals surface area contributed by atoms with Crippen molar-refractivity contribution in [3.63, 3.8) is 0 Å². The number of nitrogens with zero attached hydrogens (tertiary/aromatic N) is 1. The van der Waals surface area contributed by atoms with E-state index in [4.69, 9.17) is 5.14 Å². The molecule has 3 aromatic rings. The maximum Gasteiger partial charge on any atom is 0.255 e. The highest BCUT2D eigenvalue weighted by atomic mass is 127. The molecular formula is C18H14IN3O3S. The Kier molecular flexibility index (Phi) is 5.35.